The van der Waals surface area contributed by atoms with Crippen LogP contribution < -0.4 is 15.4 Å². The summed E-state index contributed by atoms with van der Waals surface area (Å²) in [5.41, 5.74) is 0.424. The van der Waals surface area contributed by atoms with Gasteiger partial charge in [0.05, 0.1) is 10.2 Å². The molecule has 0 fully saturated rings. The Morgan fingerprint density at radius 1 is 1.19 bits per heavy atom. The van der Waals surface area contributed by atoms with Crippen LogP contribution in [-0.4, -0.2) is 32.5 Å². The third-order valence-corrected chi connectivity index (χ3v) is 4.72. The molecule has 0 radical (unpaired) electrons. The number of sulfonamides is 1. The molecule has 1 heterocycles. The number of benzene rings is 1. The number of rotatable bonds is 5. The number of hydrogen-bond donors (Lipinski definition) is 3. The van der Waals surface area contributed by atoms with Crippen LogP contribution in [0.4, 0.5) is 17.5 Å². The summed E-state index contributed by atoms with van der Waals surface area (Å²) in [6, 6.07) is 6.58. The minimum absolute atomic E-state index is 0.143. The van der Waals surface area contributed by atoms with Gasteiger partial charge in [0.2, 0.25) is 16.0 Å². The van der Waals surface area contributed by atoms with Crippen molar-refractivity contribution in [2.75, 3.05) is 24.7 Å². The van der Waals surface area contributed by atoms with Crippen LogP contribution in [0.25, 0.3) is 0 Å². The van der Waals surface area contributed by atoms with Crippen molar-refractivity contribution >= 4 is 43.4 Å². The van der Waals surface area contributed by atoms with Gasteiger partial charge >= 0.3 is 0 Å². The Morgan fingerprint density at radius 2 is 1.90 bits per heavy atom. The van der Waals surface area contributed by atoms with Crippen LogP contribution in [-0.2, 0) is 10.0 Å². The minimum Gasteiger partial charge on any atom is -0.357 e. The highest BCUT2D eigenvalue weighted by molar-refractivity contribution is 9.10. The number of hydrogen-bond acceptors (Lipinski definition) is 6. The molecule has 0 saturated heterocycles. The Kier molecular flexibility index (Phi) is 4.76. The molecule has 0 bridgehead atoms. The quantitative estimate of drug-likeness (QED) is 0.742. The zero-order valence-corrected chi connectivity index (χ0v) is 13.8. The van der Waals surface area contributed by atoms with E-state index >= 15 is 0 Å². The SMILES string of the molecule is CNc1ncc(Br)c(Nc2ccccc2S(=O)(=O)NC)n1. The molecule has 2 aromatic rings. The van der Waals surface area contributed by atoms with Gasteiger partial charge in [0, 0.05) is 13.2 Å². The normalized spacial score (nSPS) is 11.2. The number of anilines is 3. The van der Waals surface area contributed by atoms with Gasteiger partial charge in [-0.05, 0) is 35.1 Å². The van der Waals surface area contributed by atoms with Crippen LogP contribution in [0.2, 0.25) is 0 Å². The lowest BCUT2D eigenvalue weighted by molar-refractivity contribution is 0.588. The number of halogens is 1. The number of para-hydroxylation sites is 1. The molecule has 0 unspecified atom stereocenters. The van der Waals surface area contributed by atoms with E-state index in [9.17, 15) is 8.42 Å². The predicted octanol–water partition coefficient (Wildman–Crippen LogP) is 1.93. The van der Waals surface area contributed by atoms with Gasteiger partial charge in [-0.15, -0.1) is 0 Å². The van der Waals surface area contributed by atoms with Gasteiger partial charge in [-0.25, -0.2) is 18.1 Å². The first kappa shape index (κ1) is 15.7. The molecular weight excluding hydrogens is 358 g/mol. The summed E-state index contributed by atoms with van der Waals surface area (Å²) in [5, 5.41) is 5.82. The highest BCUT2D eigenvalue weighted by atomic mass is 79.9. The van der Waals surface area contributed by atoms with Gasteiger partial charge in [0.25, 0.3) is 0 Å². The first-order chi connectivity index (χ1) is 9.97. The van der Waals surface area contributed by atoms with E-state index in [4.69, 9.17) is 0 Å². The Morgan fingerprint density at radius 3 is 2.57 bits per heavy atom. The largest absolute Gasteiger partial charge is 0.357 e. The predicted molar refractivity (Wildman–Crippen MR) is 85.2 cm³/mol. The van der Waals surface area contributed by atoms with Crippen molar-refractivity contribution in [3.05, 3.63) is 34.9 Å². The Hall–Kier alpha value is -1.71. The Bertz CT molecular complexity index is 751. The van der Waals surface area contributed by atoms with E-state index in [0.717, 1.165) is 0 Å². The average Bonchev–Trinajstić information content (AvgIpc) is 2.50. The summed E-state index contributed by atoms with van der Waals surface area (Å²) in [7, 11) is -0.497. The Balaban J connectivity index is 2.46. The van der Waals surface area contributed by atoms with Crippen LogP contribution in [0.3, 0.4) is 0 Å². The van der Waals surface area contributed by atoms with Crippen LogP contribution in [0.5, 0.6) is 0 Å². The van der Waals surface area contributed by atoms with Crippen LogP contribution >= 0.6 is 15.9 Å². The van der Waals surface area contributed by atoms with E-state index in [-0.39, 0.29) is 4.90 Å². The molecule has 9 heteroatoms. The lowest BCUT2D eigenvalue weighted by Crippen LogP contribution is -2.19. The fourth-order valence-electron chi connectivity index (χ4n) is 1.62. The van der Waals surface area contributed by atoms with Crippen molar-refractivity contribution in [1.82, 2.24) is 14.7 Å². The van der Waals surface area contributed by atoms with Crippen LogP contribution in [0.1, 0.15) is 0 Å². The molecule has 0 saturated carbocycles. The second-order valence-corrected chi connectivity index (χ2v) is 6.68. The summed E-state index contributed by atoms with van der Waals surface area (Å²) in [5.74, 6) is 0.891. The smallest absolute Gasteiger partial charge is 0.242 e. The zero-order chi connectivity index (χ0) is 15.5. The molecule has 0 atom stereocenters. The molecule has 1 aromatic carbocycles. The molecule has 0 amide bonds. The Labute approximate surface area is 131 Å². The van der Waals surface area contributed by atoms with Crippen LogP contribution in [0.15, 0.2) is 39.8 Å². The maximum atomic E-state index is 12.0. The maximum Gasteiger partial charge on any atom is 0.242 e. The summed E-state index contributed by atoms with van der Waals surface area (Å²) < 4.78 is 26.9. The molecule has 0 spiro atoms. The fourth-order valence-corrected chi connectivity index (χ4v) is 2.79. The molecule has 0 aliphatic rings. The second kappa shape index (κ2) is 6.37. The number of aromatic nitrogens is 2. The number of nitrogens with zero attached hydrogens (tertiary/aromatic N) is 2. The van der Waals surface area contributed by atoms with Crippen LogP contribution in [0, 0.1) is 0 Å². The van der Waals surface area contributed by atoms with Gasteiger partial charge in [0.15, 0.2) is 0 Å². The third-order valence-electron chi connectivity index (χ3n) is 2.67. The molecular formula is C12H14BrN5O2S. The van der Waals surface area contributed by atoms with Crippen molar-refractivity contribution in [2.24, 2.45) is 0 Å². The maximum absolute atomic E-state index is 12.0. The second-order valence-electron chi connectivity index (χ2n) is 3.97. The van der Waals surface area contributed by atoms with Gasteiger partial charge in [0.1, 0.15) is 10.7 Å². The monoisotopic (exact) mass is 371 g/mol. The summed E-state index contributed by atoms with van der Waals surface area (Å²) in [6.07, 6.45) is 1.58. The zero-order valence-electron chi connectivity index (χ0n) is 11.4. The first-order valence-electron chi connectivity index (χ1n) is 5.98. The summed E-state index contributed by atoms with van der Waals surface area (Å²) >= 11 is 3.33. The van der Waals surface area contributed by atoms with E-state index < -0.39 is 10.0 Å². The van der Waals surface area contributed by atoms with Crippen molar-refractivity contribution in [3.8, 4) is 0 Å². The molecule has 0 aliphatic carbocycles. The van der Waals surface area contributed by atoms with E-state index in [2.05, 4.69) is 41.3 Å². The molecule has 3 N–H and O–H groups in total. The molecule has 0 aliphatic heterocycles. The van der Waals surface area contributed by atoms with Crippen molar-refractivity contribution in [2.45, 2.75) is 4.90 Å². The highest BCUT2D eigenvalue weighted by Crippen LogP contribution is 2.28. The van der Waals surface area contributed by atoms with Gasteiger partial charge in [-0.2, -0.15) is 4.98 Å². The van der Waals surface area contributed by atoms with E-state index in [1.807, 2.05) is 0 Å². The van der Waals surface area contributed by atoms with Gasteiger partial charge < -0.3 is 10.6 Å². The molecule has 21 heavy (non-hydrogen) atoms. The molecule has 112 valence electrons. The lowest BCUT2D eigenvalue weighted by atomic mass is 10.3. The standard InChI is InChI=1S/C12H14BrN5O2S/c1-14-12-16-7-8(13)11(18-12)17-9-5-3-4-6-10(9)21(19,20)15-2/h3-7,15H,1-2H3,(H2,14,16,17,18). The van der Waals surface area contributed by atoms with Crippen molar-refractivity contribution in [3.63, 3.8) is 0 Å². The number of nitrogens with one attached hydrogen (secondary N) is 3. The minimum atomic E-state index is -3.56. The van der Waals surface area contributed by atoms with Gasteiger partial charge in [-0.1, -0.05) is 12.1 Å². The lowest BCUT2D eigenvalue weighted by Gasteiger charge is -2.13. The first-order valence-corrected chi connectivity index (χ1v) is 8.25. The highest BCUT2D eigenvalue weighted by Gasteiger charge is 2.17. The molecule has 2 rings (SSSR count). The molecule has 1 aromatic heterocycles. The summed E-state index contributed by atoms with van der Waals surface area (Å²) in [4.78, 5) is 8.43. The van der Waals surface area contributed by atoms with Crippen molar-refractivity contribution in [1.29, 1.82) is 0 Å². The van der Waals surface area contributed by atoms with E-state index in [1.54, 1.807) is 31.4 Å². The molecule has 7 nitrogen and oxygen atoms in total. The average molecular weight is 372 g/mol. The van der Waals surface area contributed by atoms with E-state index in [0.29, 0.717) is 21.9 Å². The third kappa shape index (κ3) is 3.49. The summed E-state index contributed by atoms with van der Waals surface area (Å²) in [6.45, 7) is 0. The van der Waals surface area contributed by atoms with E-state index in [1.165, 1.54) is 13.1 Å². The fraction of sp³-hybridized carbons (Fsp3) is 0.167. The topological polar surface area (TPSA) is 96.0 Å². The van der Waals surface area contributed by atoms with Gasteiger partial charge in [-0.3, -0.25) is 0 Å². The van der Waals surface area contributed by atoms with Crippen molar-refractivity contribution < 1.29 is 8.42 Å².